The second-order valence-corrected chi connectivity index (χ2v) is 8.12. The summed E-state index contributed by atoms with van der Waals surface area (Å²) < 4.78 is 18.1. The summed E-state index contributed by atoms with van der Waals surface area (Å²) >= 11 is 12.0. The van der Waals surface area contributed by atoms with Crippen molar-refractivity contribution in [3.8, 4) is 0 Å². The molecule has 180 valence electrons. The number of hydrogen-bond donors (Lipinski definition) is 2. The van der Waals surface area contributed by atoms with Crippen LogP contribution in [0.3, 0.4) is 0 Å². The van der Waals surface area contributed by atoms with Crippen LogP contribution in [-0.2, 0) is 27.3 Å². The minimum Gasteiger partial charge on any atom is -0.379 e. The predicted octanol–water partition coefficient (Wildman–Crippen LogP) is 3.89. The first-order valence-corrected chi connectivity index (χ1v) is 11.7. The lowest BCUT2D eigenvalue weighted by Crippen LogP contribution is -2.18. The van der Waals surface area contributed by atoms with Gasteiger partial charge in [0.1, 0.15) is 5.52 Å². The van der Waals surface area contributed by atoms with E-state index in [0.717, 1.165) is 25.0 Å². The molecule has 1 aromatic carbocycles. The summed E-state index contributed by atoms with van der Waals surface area (Å²) in [5.74, 6) is 0.352. The molecule has 0 amide bonds. The van der Waals surface area contributed by atoms with Crippen LogP contribution in [0.2, 0.25) is 10.0 Å². The minimum atomic E-state index is -0.277. The third-order valence-electron chi connectivity index (χ3n) is 4.78. The Labute approximate surface area is 202 Å². The number of aromatic amines is 1. The van der Waals surface area contributed by atoms with Crippen molar-refractivity contribution in [1.82, 2.24) is 19.7 Å². The van der Waals surface area contributed by atoms with Crippen molar-refractivity contribution in [2.24, 2.45) is 0 Å². The molecule has 0 bridgehead atoms. The second-order valence-electron chi connectivity index (χ2n) is 7.31. The normalized spacial score (nSPS) is 11.4. The lowest BCUT2D eigenvalue weighted by Gasteiger charge is -2.08. The molecule has 11 heteroatoms. The number of fused-ring (bicyclic) bond motifs is 1. The zero-order valence-corrected chi connectivity index (χ0v) is 20.1. The molecule has 0 fully saturated rings. The number of nitrogens with one attached hydrogen (secondary N) is 2. The topological polar surface area (TPSA) is 103 Å². The molecule has 0 aliphatic carbocycles. The second kappa shape index (κ2) is 13.5. The highest BCUT2D eigenvalue weighted by Crippen LogP contribution is 2.22. The van der Waals surface area contributed by atoms with E-state index in [1.54, 1.807) is 23.0 Å². The summed E-state index contributed by atoms with van der Waals surface area (Å²) in [6, 6.07) is 5.34. The Kier molecular flexibility index (Phi) is 10.4. The van der Waals surface area contributed by atoms with Gasteiger partial charge in [0, 0.05) is 13.2 Å². The van der Waals surface area contributed by atoms with Gasteiger partial charge in [0.25, 0.3) is 5.56 Å². The highest BCUT2D eigenvalue weighted by Gasteiger charge is 2.11. The van der Waals surface area contributed by atoms with Gasteiger partial charge in [-0.25, -0.2) is 4.98 Å². The van der Waals surface area contributed by atoms with E-state index in [-0.39, 0.29) is 5.56 Å². The number of halogens is 2. The van der Waals surface area contributed by atoms with Crippen molar-refractivity contribution in [3.05, 3.63) is 50.4 Å². The van der Waals surface area contributed by atoms with Crippen molar-refractivity contribution >= 4 is 40.2 Å². The molecule has 0 aliphatic rings. The fraction of sp³-hybridized carbons (Fsp3) is 0.500. The molecule has 2 heterocycles. The predicted molar refractivity (Wildman–Crippen MR) is 129 cm³/mol. The summed E-state index contributed by atoms with van der Waals surface area (Å²) in [5.41, 5.74) is 1.54. The van der Waals surface area contributed by atoms with Crippen molar-refractivity contribution in [2.45, 2.75) is 32.9 Å². The molecule has 0 atom stereocenters. The van der Waals surface area contributed by atoms with Crippen molar-refractivity contribution in [3.63, 3.8) is 0 Å². The lowest BCUT2D eigenvalue weighted by atomic mass is 10.2. The highest BCUT2D eigenvalue weighted by molar-refractivity contribution is 6.42. The number of hydrogen-bond acceptors (Lipinski definition) is 7. The molecule has 0 saturated carbocycles. The summed E-state index contributed by atoms with van der Waals surface area (Å²) in [7, 11) is 0. The number of rotatable bonds is 15. The van der Waals surface area contributed by atoms with Crippen molar-refractivity contribution in [1.29, 1.82) is 0 Å². The van der Waals surface area contributed by atoms with Crippen LogP contribution in [0.1, 0.15) is 25.3 Å². The quantitative estimate of drug-likeness (QED) is 0.307. The Morgan fingerprint density at radius 2 is 1.76 bits per heavy atom. The van der Waals surface area contributed by atoms with E-state index in [2.05, 4.69) is 27.3 Å². The van der Waals surface area contributed by atoms with E-state index in [1.165, 1.54) is 0 Å². The Balaban J connectivity index is 1.42. The fourth-order valence-electron chi connectivity index (χ4n) is 3.03. The molecule has 0 unspecified atom stereocenters. The fourth-order valence-corrected chi connectivity index (χ4v) is 3.35. The number of benzene rings is 1. The average molecular weight is 498 g/mol. The number of ether oxygens (including phenoxy) is 3. The van der Waals surface area contributed by atoms with Crippen LogP contribution in [-0.4, -0.2) is 59.4 Å². The van der Waals surface area contributed by atoms with Gasteiger partial charge in [-0.15, -0.1) is 0 Å². The van der Waals surface area contributed by atoms with Crippen LogP contribution < -0.4 is 10.9 Å². The lowest BCUT2D eigenvalue weighted by molar-refractivity contribution is 0.0125. The molecule has 0 saturated heterocycles. The Morgan fingerprint density at radius 3 is 2.48 bits per heavy atom. The number of unbranched alkanes of at least 4 members (excludes halogenated alkanes) is 1. The zero-order chi connectivity index (χ0) is 23.5. The first kappa shape index (κ1) is 25.5. The van der Waals surface area contributed by atoms with Gasteiger partial charge in [0.15, 0.2) is 5.52 Å². The van der Waals surface area contributed by atoms with Crippen LogP contribution >= 0.6 is 23.2 Å². The molecule has 33 heavy (non-hydrogen) atoms. The van der Waals surface area contributed by atoms with Crippen LogP contribution in [0, 0.1) is 0 Å². The van der Waals surface area contributed by atoms with Crippen LogP contribution in [0.5, 0.6) is 0 Å². The monoisotopic (exact) mass is 497 g/mol. The van der Waals surface area contributed by atoms with Gasteiger partial charge in [-0.1, -0.05) is 42.6 Å². The van der Waals surface area contributed by atoms with Gasteiger partial charge in [0.2, 0.25) is 5.95 Å². The largest absolute Gasteiger partial charge is 0.379 e. The first-order chi connectivity index (χ1) is 16.1. The molecule has 2 aromatic heterocycles. The Morgan fingerprint density at radius 1 is 1.03 bits per heavy atom. The third-order valence-corrected chi connectivity index (χ3v) is 5.52. The molecule has 2 N–H and O–H groups in total. The number of nitrogens with zero attached hydrogens (tertiary/aromatic N) is 3. The summed E-state index contributed by atoms with van der Waals surface area (Å²) in [6.07, 6.45) is 3.76. The Bertz CT molecular complexity index is 1070. The van der Waals surface area contributed by atoms with E-state index in [0.29, 0.717) is 73.2 Å². The standard InChI is InChI=1S/C22H29Cl2N5O4/c1-2-3-7-31-9-11-33-12-10-32-8-6-29-20-19(15-26-29)27-22(28-21(20)30)25-14-16-4-5-17(23)18(24)13-16/h4-5,13,15H,2-3,6-12,14H2,1H3,(H2,25,27,28,30). The van der Waals surface area contributed by atoms with Gasteiger partial charge in [-0.05, 0) is 24.1 Å². The summed E-state index contributed by atoms with van der Waals surface area (Å²) in [6.45, 7) is 6.29. The molecule has 3 rings (SSSR count). The highest BCUT2D eigenvalue weighted by atomic mass is 35.5. The van der Waals surface area contributed by atoms with Gasteiger partial charge in [-0.3, -0.25) is 14.5 Å². The molecular weight excluding hydrogens is 469 g/mol. The third kappa shape index (κ3) is 7.97. The first-order valence-electron chi connectivity index (χ1n) is 11.0. The molecule has 3 aromatic rings. The van der Waals surface area contributed by atoms with Gasteiger partial charge >= 0.3 is 0 Å². The van der Waals surface area contributed by atoms with Crippen LogP contribution in [0.4, 0.5) is 5.95 Å². The molecule has 9 nitrogen and oxygen atoms in total. The van der Waals surface area contributed by atoms with E-state index < -0.39 is 0 Å². The van der Waals surface area contributed by atoms with E-state index >= 15 is 0 Å². The maximum Gasteiger partial charge on any atom is 0.278 e. The van der Waals surface area contributed by atoms with Gasteiger partial charge < -0.3 is 19.5 Å². The van der Waals surface area contributed by atoms with Gasteiger partial charge in [-0.2, -0.15) is 5.10 Å². The molecule has 0 radical (unpaired) electrons. The SMILES string of the molecule is CCCCOCCOCCOCCn1ncc2nc(NCc3ccc(Cl)c(Cl)c3)[nH]c(=O)c21. The average Bonchev–Trinajstić information content (AvgIpc) is 3.21. The molecule has 0 spiro atoms. The van der Waals surface area contributed by atoms with Crippen LogP contribution in [0.15, 0.2) is 29.2 Å². The van der Waals surface area contributed by atoms with Gasteiger partial charge in [0.05, 0.1) is 55.8 Å². The number of aromatic nitrogens is 4. The maximum atomic E-state index is 12.6. The Hall–Kier alpha value is -2.17. The molecular formula is C22H29Cl2N5O4. The molecule has 0 aliphatic heterocycles. The van der Waals surface area contributed by atoms with E-state index in [9.17, 15) is 4.79 Å². The van der Waals surface area contributed by atoms with E-state index in [4.69, 9.17) is 37.4 Å². The minimum absolute atomic E-state index is 0.277. The summed E-state index contributed by atoms with van der Waals surface area (Å²) in [5, 5.41) is 8.32. The van der Waals surface area contributed by atoms with Crippen molar-refractivity contribution in [2.75, 3.05) is 45.0 Å². The number of anilines is 1. The number of H-pyrrole nitrogens is 1. The summed E-state index contributed by atoms with van der Waals surface area (Å²) in [4.78, 5) is 19.8. The smallest absolute Gasteiger partial charge is 0.278 e. The van der Waals surface area contributed by atoms with Crippen molar-refractivity contribution < 1.29 is 14.2 Å². The maximum absolute atomic E-state index is 12.6. The van der Waals surface area contributed by atoms with Crippen LogP contribution in [0.25, 0.3) is 11.0 Å². The van der Waals surface area contributed by atoms with E-state index in [1.807, 2.05) is 6.07 Å². The zero-order valence-electron chi connectivity index (χ0n) is 18.6.